The number of rotatable bonds is 2. The fourth-order valence-electron chi connectivity index (χ4n) is 1.85. The van der Waals surface area contributed by atoms with E-state index in [0.29, 0.717) is 11.6 Å². The van der Waals surface area contributed by atoms with Crippen molar-refractivity contribution in [3.63, 3.8) is 0 Å². The average Bonchev–Trinajstić information content (AvgIpc) is 2.48. The summed E-state index contributed by atoms with van der Waals surface area (Å²) in [5.74, 6) is 1.04. The number of benzene rings is 1. The van der Waals surface area contributed by atoms with Gasteiger partial charge in [0.25, 0.3) is 0 Å². The molecule has 0 spiro atoms. The smallest absolute Gasteiger partial charge is 0.163 e. The van der Waals surface area contributed by atoms with E-state index in [2.05, 4.69) is 15.0 Å². The Morgan fingerprint density at radius 1 is 0.842 bits per heavy atom. The molecule has 0 fully saturated rings. The van der Waals surface area contributed by atoms with E-state index >= 15 is 0 Å². The second-order valence-electron chi connectivity index (χ2n) is 4.11. The van der Waals surface area contributed by atoms with Crippen LogP contribution < -0.4 is 5.73 Å². The van der Waals surface area contributed by atoms with Crippen LogP contribution in [-0.2, 0) is 0 Å². The van der Waals surface area contributed by atoms with Crippen molar-refractivity contribution in [3.05, 3.63) is 60.9 Å². The molecule has 0 aliphatic carbocycles. The summed E-state index contributed by atoms with van der Waals surface area (Å²) in [4.78, 5) is 12.9. The van der Waals surface area contributed by atoms with Crippen LogP contribution in [0.3, 0.4) is 0 Å². The van der Waals surface area contributed by atoms with Gasteiger partial charge in [-0.3, -0.25) is 4.98 Å². The Bertz CT molecular complexity index is 623. The number of nitrogen functional groups attached to an aromatic ring is 1. The zero-order chi connectivity index (χ0) is 13.1. The first kappa shape index (κ1) is 11.3. The molecule has 1 aromatic carbocycles. The molecule has 0 saturated carbocycles. The molecular formula is C15H12N4. The molecule has 0 saturated heterocycles. The maximum atomic E-state index is 5.86. The lowest BCUT2D eigenvalue weighted by Gasteiger charge is -2.05. The van der Waals surface area contributed by atoms with Gasteiger partial charge in [-0.1, -0.05) is 30.3 Å². The number of anilines is 1. The molecule has 4 heteroatoms. The molecule has 4 nitrogen and oxygen atoms in total. The number of pyridine rings is 1. The Morgan fingerprint density at radius 2 is 1.63 bits per heavy atom. The highest BCUT2D eigenvalue weighted by Gasteiger charge is 2.06. The first-order valence-electron chi connectivity index (χ1n) is 5.93. The Hall–Kier alpha value is -2.75. The molecule has 0 radical (unpaired) electrons. The normalized spacial score (nSPS) is 10.3. The molecule has 92 valence electrons. The molecule has 0 aliphatic heterocycles. The van der Waals surface area contributed by atoms with Crippen LogP contribution in [0.15, 0.2) is 60.9 Å². The highest BCUT2D eigenvalue weighted by molar-refractivity contribution is 5.66. The third kappa shape index (κ3) is 2.42. The molecule has 3 aromatic rings. The Labute approximate surface area is 111 Å². The maximum Gasteiger partial charge on any atom is 0.163 e. The summed E-state index contributed by atoms with van der Waals surface area (Å²) < 4.78 is 0. The number of hydrogen-bond acceptors (Lipinski definition) is 4. The van der Waals surface area contributed by atoms with Gasteiger partial charge in [0.15, 0.2) is 5.82 Å². The van der Waals surface area contributed by atoms with Gasteiger partial charge in [-0.05, 0) is 12.1 Å². The first-order chi connectivity index (χ1) is 9.33. The second-order valence-corrected chi connectivity index (χ2v) is 4.11. The van der Waals surface area contributed by atoms with E-state index in [1.165, 1.54) is 0 Å². The topological polar surface area (TPSA) is 64.7 Å². The maximum absolute atomic E-state index is 5.86. The minimum atomic E-state index is 0.452. The fourth-order valence-corrected chi connectivity index (χ4v) is 1.85. The van der Waals surface area contributed by atoms with Gasteiger partial charge in [-0.2, -0.15) is 0 Å². The molecule has 0 amide bonds. The van der Waals surface area contributed by atoms with Gasteiger partial charge >= 0.3 is 0 Å². The minimum Gasteiger partial charge on any atom is -0.384 e. The van der Waals surface area contributed by atoms with Crippen LogP contribution in [0.5, 0.6) is 0 Å². The van der Waals surface area contributed by atoms with Crippen molar-refractivity contribution in [2.45, 2.75) is 0 Å². The summed E-state index contributed by atoms with van der Waals surface area (Å²) in [6, 6.07) is 15.4. The van der Waals surface area contributed by atoms with E-state index in [4.69, 9.17) is 5.73 Å². The quantitative estimate of drug-likeness (QED) is 0.757. The van der Waals surface area contributed by atoms with Crippen molar-refractivity contribution in [1.29, 1.82) is 0 Å². The zero-order valence-corrected chi connectivity index (χ0v) is 10.2. The summed E-state index contributed by atoms with van der Waals surface area (Å²) in [5.41, 5.74) is 8.54. The lowest BCUT2D eigenvalue weighted by atomic mass is 10.1. The van der Waals surface area contributed by atoms with Crippen molar-refractivity contribution in [1.82, 2.24) is 15.0 Å². The predicted octanol–water partition coefficient (Wildman–Crippen LogP) is 2.79. The Morgan fingerprint density at radius 3 is 2.37 bits per heavy atom. The Balaban J connectivity index is 2.12. The highest BCUT2D eigenvalue weighted by atomic mass is 14.9. The standard InChI is InChI=1S/C15H12N4/c16-14-9-13(11-5-2-1-3-6-11)18-15(19-14)12-7-4-8-17-10-12/h1-10H,(H2,16,18,19). The molecule has 3 rings (SSSR count). The van der Waals surface area contributed by atoms with Gasteiger partial charge in [0, 0.05) is 29.6 Å². The Kier molecular flexibility index (Phi) is 2.90. The SMILES string of the molecule is Nc1cc(-c2ccccc2)nc(-c2cccnc2)n1. The zero-order valence-electron chi connectivity index (χ0n) is 10.2. The van der Waals surface area contributed by atoms with Gasteiger partial charge in [0.2, 0.25) is 0 Å². The van der Waals surface area contributed by atoms with E-state index in [1.54, 1.807) is 18.5 Å². The van der Waals surface area contributed by atoms with Gasteiger partial charge in [0.05, 0.1) is 5.69 Å². The van der Waals surface area contributed by atoms with Gasteiger partial charge in [-0.25, -0.2) is 9.97 Å². The predicted molar refractivity (Wildman–Crippen MR) is 75.1 cm³/mol. The molecule has 0 unspecified atom stereocenters. The third-order valence-corrected chi connectivity index (χ3v) is 2.74. The lowest BCUT2D eigenvalue weighted by molar-refractivity contribution is 1.17. The molecule has 0 atom stereocenters. The molecular weight excluding hydrogens is 236 g/mol. The van der Waals surface area contributed by atoms with E-state index < -0.39 is 0 Å². The molecule has 2 heterocycles. The van der Waals surface area contributed by atoms with Crippen molar-refractivity contribution in [2.75, 3.05) is 5.73 Å². The summed E-state index contributed by atoms with van der Waals surface area (Å²) in [6.07, 6.45) is 3.44. The largest absolute Gasteiger partial charge is 0.384 e. The van der Waals surface area contributed by atoms with Crippen LogP contribution >= 0.6 is 0 Å². The van der Waals surface area contributed by atoms with Crippen molar-refractivity contribution in [2.24, 2.45) is 0 Å². The van der Waals surface area contributed by atoms with Crippen molar-refractivity contribution < 1.29 is 0 Å². The first-order valence-corrected chi connectivity index (χ1v) is 5.93. The summed E-state index contributed by atoms with van der Waals surface area (Å²) in [5, 5.41) is 0. The van der Waals surface area contributed by atoms with Gasteiger partial charge in [-0.15, -0.1) is 0 Å². The summed E-state index contributed by atoms with van der Waals surface area (Å²) in [7, 11) is 0. The summed E-state index contributed by atoms with van der Waals surface area (Å²) >= 11 is 0. The van der Waals surface area contributed by atoms with Crippen LogP contribution in [-0.4, -0.2) is 15.0 Å². The van der Waals surface area contributed by atoms with Crippen molar-refractivity contribution >= 4 is 5.82 Å². The van der Waals surface area contributed by atoms with E-state index in [0.717, 1.165) is 16.8 Å². The summed E-state index contributed by atoms with van der Waals surface area (Å²) in [6.45, 7) is 0. The third-order valence-electron chi connectivity index (χ3n) is 2.74. The van der Waals surface area contributed by atoms with Crippen LogP contribution in [0.1, 0.15) is 0 Å². The molecule has 0 aliphatic rings. The van der Waals surface area contributed by atoms with Crippen LogP contribution in [0, 0.1) is 0 Å². The minimum absolute atomic E-state index is 0.452. The second kappa shape index (κ2) is 4.86. The lowest BCUT2D eigenvalue weighted by Crippen LogP contribution is -1.98. The monoisotopic (exact) mass is 248 g/mol. The van der Waals surface area contributed by atoms with Crippen molar-refractivity contribution in [3.8, 4) is 22.6 Å². The van der Waals surface area contributed by atoms with E-state index in [9.17, 15) is 0 Å². The van der Waals surface area contributed by atoms with Crippen LogP contribution in [0.25, 0.3) is 22.6 Å². The number of nitrogens with two attached hydrogens (primary N) is 1. The van der Waals surface area contributed by atoms with Crippen LogP contribution in [0.4, 0.5) is 5.82 Å². The molecule has 2 aromatic heterocycles. The fraction of sp³-hybridized carbons (Fsp3) is 0. The highest BCUT2D eigenvalue weighted by Crippen LogP contribution is 2.22. The average molecular weight is 248 g/mol. The number of nitrogens with zero attached hydrogens (tertiary/aromatic N) is 3. The number of hydrogen-bond donors (Lipinski definition) is 1. The molecule has 2 N–H and O–H groups in total. The number of aromatic nitrogens is 3. The van der Waals surface area contributed by atoms with Gasteiger partial charge in [0.1, 0.15) is 5.82 Å². The van der Waals surface area contributed by atoms with E-state index in [-0.39, 0.29) is 0 Å². The van der Waals surface area contributed by atoms with E-state index in [1.807, 2.05) is 42.5 Å². The molecule has 0 bridgehead atoms. The van der Waals surface area contributed by atoms with Gasteiger partial charge < -0.3 is 5.73 Å². The van der Waals surface area contributed by atoms with Crippen LogP contribution in [0.2, 0.25) is 0 Å². The molecule has 19 heavy (non-hydrogen) atoms.